The number of hydrogen-bond donors (Lipinski definition) is 1. The van der Waals surface area contributed by atoms with E-state index >= 15 is 0 Å². The zero-order valence-corrected chi connectivity index (χ0v) is 18.9. The minimum Gasteiger partial charge on any atom is -0.367 e. The van der Waals surface area contributed by atoms with Gasteiger partial charge in [0.2, 0.25) is 0 Å². The molecule has 1 saturated heterocycles. The maximum Gasteiger partial charge on any atom is 0.416 e. The van der Waals surface area contributed by atoms with Crippen LogP contribution >= 0.6 is 0 Å². The number of nitrogens with one attached hydrogen (secondary N) is 1. The zero-order valence-electron chi connectivity index (χ0n) is 18.9. The molecule has 1 N–H and O–H groups in total. The summed E-state index contributed by atoms with van der Waals surface area (Å²) < 4.78 is 39.1. The molecular formula is C28H26F3N3. The average Bonchev–Trinajstić information content (AvgIpc) is 2.88. The Morgan fingerprint density at radius 3 is 2.15 bits per heavy atom. The van der Waals surface area contributed by atoms with E-state index in [0.29, 0.717) is 0 Å². The number of benzene rings is 4. The lowest BCUT2D eigenvalue weighted by atomic mass is 10.0. The molecule has 1 fully saturated rings. The van der Waals surface area contributed by atoms with E-state index in [-0.39, 0.29) is 0 Å². The summed E-state index contributed by atoms with van der Waals surface area (Å²) in [6.45, 7) is 3.63. The Morgan fingerprint density at radius 1 is 0.765 bits per heavy atom. The minimum absolute atomic E-state index is 0.637. The summed E-state index contributed by atoms with van der Waals surface area (Å²) in [5.41, 5.74) is 4.20. The Hall–Kier alpha value is -3.51. The van der Waals surface area contributed by atoms with Gasteiger partial charge in [-0.25, -0.2) is 0 Å². The Kier molecular flexibility index (Phi) is 5.92. The van der Waals surface area contributed by atoms with E-state index in [1.165, 1.54) is 5.39 Å². The predicted octanol–water partition coefficient (Wildman–Crippen LogP) is 6.70. The van der Waals surface area contributed by atoms with Gasteiger partial charge in [0.15, 0.2) is 0 Å². The first-order valence-electron chi connectivity index (χ1n) is 11.4. The fourth-order valence-corrected chi connectivity index (χ4v) is 4.52. The van der Waals surface area contributed by atoms with Crippen LogP contribution in [0, 0.1) is 0 Å². The molecule has 0 unspecified atom stereocenters. The second kappa shape index (κ2) is 9.03. The molecule has 3 nitrogen and oxygen atoms in total. The standard InChI is InChI=1S/C28H26F3N3/c1-33(25-12-8-20-4-2-3-5-22(20)18-25)27-19-23(9-13-26(27)34-16-14-32-15-17-34)21-6-10-24(11-7-21)28(29,30)31/h2-13,18-19,32H,14-17H2,1H3. The zero-order chi connectivity index (χ0) is 23.7. The van der Waals surface area contributed by atoms with Crippen LogP contribution in [0.4, 0.5) is 30.2 Å². The molecule has 34 heavy (non-hydrogen) atoms. The van der Waals surface area contributed by atoms with Gasteiger partial charge in [-0.05, 0) is 58.3 Å². The van der Waals surface area contributed by atoms with E-state index < -0.39 is 11.7 Å². The number of piperazine rings is 1. The molecule has 4 aromatic rings. The van der Waals surface area contributed by atoms with Crippen molar-refractivity contribution in [3.05, 3.63) is 90.5 Å². The summed E-state index contributed by atoms with van der Waals surface area (Å²) in [4.78, 5) is 4.53. The molecule has 1 aliphatic heterocycles. The van der Waals surface area contributed by atoms with Crippen molar-refractivity contribution in [2.24, 2.45) is 0 Å². The first kappa shape index (κ1) is 22.3. The van der Waals surface area contributed by atoms with Gasteiger partial charge in [0, 0.05) is 38.9 Å². The third-order valence-corrected chi connectivity index (χ3v) is 6.46. The summed E-state index contributed by atoms with van der Waals surface area (Å²) >= 11 is 0. The Morgan fingerprint density at radius 2 is 1.44 bits per heavy atom. The van der Waals surface area contributed by atoms with Crippen molar-refractivity contribution in [1.82, 2.24) is 5.32 Å². The maximum absolute atomic E-state index is 13.0. The van der Waals surface area contributed by atoms with Crippen molar-refractivity contribution in [1.29, 1.82) is 0 Å². The topological polar surface area (TPSA) is 18.5 Å². The van der Waals surface area contributed by atoms with Gasteiger partial charge in [-0.15, -0.1) is 0 Å². The Bertz CT molecular complexity index is 1290. The molecule has 1 aliphatic rings. The molecule has 174 valence electrons. The molecule has 0 amide bonds. The highest BCUT2D eigenvalue weighted by atomic mass is 19.4. The number of hydrogen-bond acceptors (Lipinski definition) is 3. The summed E-state index contributed by atoms with van der Waals surface area (Å²) in [6, 6.07) is 26.2. The highest BCUT2D eigenvalue weighted by Crippen LogP contribution is 2.39. The van der Waals surface area contributed by atoms with E-state index in [1.54, 1.807) is 12.1 Å². The first-order chi connectivity index (χ1) is 16.4. The maximum atomic E-state index is 13.0. The van der Waals surface area contributed by atoms with Crippen LogP contribution in [0.15, 0.2) is 84.9 Å². The monoisotopic (exact) mass is 461 g/mol. The van der Waals surface area contributed by atoms with Gasteiger partial charge in [0.1, 0.15) is 0 Å². The number of halogens is 3. The van der Waals surface area contributed by atoms with Crippen LogP contribution in [0.25, 0.3) is 21.9 Å². The van der Waals surface area contributed by atoms with Crippen molar-refractivity contribution in [2.75, 3.05) is 43.0 Å². The van der Waals surface area contributed by atoms with Gasteiger partial charge in [-0.1, -0.05) is 48.5 Å². The molecule has 0 aromatic heterocycles. The van der Waals surface area contributed by atoms with Crippen LogP contribution in [0.2, 0.25) is 0 Å². The SMILES string of the molecule is CN(c1ccc2ccccc2c1)c1cc(-c2ccc(C(F)(F)F)cc2)ccc1N1CCNCC1. The third-order valence-electron chi connectivity index (χ3n) is 6.46. The van der Waals surface area contributed by atoms with Crippen molar-refractivity contribution in [3.63, 3.8) is 0 Å². The number of anilines is 3. The quantitative estimate of drug-likeness (QED) is 0.365. The lowest BCUT2D eigenvalue weighted by molar-refractivity contribution is -0.137. The van der Waals surface area contributed by atoms with Crippen molar-refractivity contribution in [2.45, 2.75) is 6.18 Å². The number of nitrogens with zero attached hydrogens (tertiary/aromatic N) is 2. The Balaban J connectivity index is 1.57. The van der Waals surface area contributed by atoms with Gasteiger partial charge in [-0.2, -0.15) is 13.2 Å². The molecule has 6 heteroatoms. The number of fused-ring (bicyclic) bond motifs is 1. The summed E-state index contributed by atoms with van der Waals surface area (Å²) in [6.07, 6.45) is -4.34. The summed E-state index contributed by atoms with van der Waals surface area (Å²) in [7, 11) is 2.04. The summed E-state index contributed by atoms with van der Waals surface area (Å²) in [5.74, 6) is 0. The van der Waals surface area contributed by atoms with Gasteiger partial charge in [0.25, 0.3) is 0 Å². The van der Waals surface area contributed by atoms with Crippen LogP contribution < -0.4 is 15.1 Å². The van der Waals surface area contributed by atoms with Gasteiger partial charge in [-0.3, -0.25) is 0 Å². The molecule has 5 rings (SSSR count). The Labute approximate surface area is 197 Å². The molecular weight excluding hydrogens is 435 g/mol. The fourth-order valence-electron chi connectivity index (χ4n) is 4.52. The van der Waals surface area contributed by atoms with Crippen molar-refractivity contribution >= 4 is 27.8 Å². The highest BCUT2D eigenvalue weighted by Gasteiger charge is 2.30. The largest absolute Gasteiger partial charge is 0.416 e. The van der Waals surface area contributed by atoms with E-state index in [9.17, 15) is 13.2 Å². The van der Waals surface area contributed by atoms with Gasteiger partial charge in [0.05, 0.1) is 16.9 Å². The molecule has 0 spiro atoms. The predicted molar refractivity (Wildman–Crippen MR) is 134 cm³/mol. The third kappa shape index (κ3) is 4.46. The van der Waals surface area contributed by atoms with Crippen LogP contribution in [-0.4, -0.2) is 33.2 Å². The van der Waals surface area contributed by atoms with Crippen LogP contribution in [0.3, 0.4) is 0 Å². The van der Waals surface area contributed by atoms with E-state index in [0.717, 1.165) is 71.9 Å². The van der Waals surface area contributed by atoms with Crippen LogP contribution in [0.5, 0.6) is 0 Å². The summed E-state index contributed by atoms with van der Waals surface area (Å²) in [5, 5.41) is 5.74. The van der Waals surface area contributed by atoms with Crippen molar-refractivity contribution in [3.8, 4) is 11.1 Å². The van der Waals surface area contributed by atoms with E-state index in [1.807, 2.05) is 25.2 Å². The van der Waals surface area contributed by atoms with E-state index in [2.05, 4.69) is 57.6 Å². The van der Waals surface area contributed by atoms with Gasteiger partial charge >= 0.3 is 6.18 Å². The number of rotatable bonds is 4. The molecule has 0 bridgehead atoms. The minimum atomic E-state index is -4.34. The molecule has 0 atom stereocenters. The highest BCUT2D eigenvalue weighted by molar-refractivity contribution is 5.89. The van der Waals surface area contributed by atoms with Crippen LogP contribution in [0.1, 0.15) is 5.56 Å². The molecule has 1 heterocycles. The van der Waals surface area contributed by atoms with Gasteiger partial charge < -0.3 is 15.1 Å². The normalized spacial score (nSPS) is 14.4. The molecule has 0 saturated carbocycles. The lowest BCUT2D eigenvalue weighted by Gasteiger charge is -2.34. The van der Waals surface area contributed by atoms with Crippen molar-refractivity contribution < 1.29 is 13.2 Å². The fraction of sp³-hybridized carbons (Fsp3) is 0.214. The smallest absolute Gasteiger partial charge is 0.367 e. The average molecular weight is 462 g/mol. The lowest BCUT2D eigenvalue weighted by Crippen LogP contribution is -2.43. The first-order valence-corrected chi connectivity index (χ1v) is 11.4. The second-order valence-electron chi connectivity index (χ2n) is 8.61. The van der Waals surface area contributed by atoms with Crippen LogP contribution in [-0.2, 0) is 6.18 Å². The molecule has 4 aromatic carbocycles. The number of alkyl halides is 3. The van der Waals surface area contributed by atoms with E-state index in [4.69, 9.17) is 0 Å². The molecule has 0 aliphatic carbocycles. The molecule has 0 radical (unpaired) electrons. The second-order valence-corrected chi connectivity index (χ2v) is 8.61.